The first kappa shape index (κ1) is 15.6. The number of para-hydroxylation sites is 2. The van der Waals surface area contributed by atoms with Crippen LogP contribution in [0, 0.1) is 5.82 Å². The number of benzene rings is 2. The van der Waals surface area contributed by atoms with Crippen molar-refractivity contribution in [3.8, 4) is 11.5 Å². The number of rotatable bonds is 5. The number of carbonyl (C=O) groups is 1. The second kappa shape index (κ2) is 7.26. The Kier molecular flexibility index (Phi) is 5.14. The maximum atomic E-state index is 13.5. The van der Waals surface area contributed by atoms with Gasteiger partial charge in [-0.25, -0.2) is 4.39 Å². The van der Waals surface area contributed by atoms with Gasteiger partial charge >= 0.3 is 0 Å². The first-order valence-corrected chi connectivity index (χ1v) is 6.59. The van der Waals surface area contributed by atoms with Gasteiger partial charge in [0.15, 0.2) is 11.6 Å². The van der Waals surface area contributed by atoms with Gasteiger partial charge < -0.3 is 14.8 Å². The maximum Gasteiger partial charge on any atom is 0.248 e. The van der Waals surface area contributed by atoms with Crippen molar-refractivity contribution in [1.82, 2.24) is 0 Å². The minimum absolute atomic E-state index is 0.163. The van der Waals surface area contributed by atoms with E-state index in [0.717, 1.165) is 0 Å². The Morgan fingerprint density at radius 2 is 1.82 bits per heavy atom. The lowest BCUT2D eigenvalue weighted by atomic mass is 10.2. The number of ether oxygens (including phenoxy) is 2. The average Bonchev–Trinajstić information content (AvgIpc) is 2.53. The lowest BCUT2D eigenvalue weighted by Gasteiger charge is -2.07. The summed E-state index contributed by atoms with van der Waals surface area (Å²) in [4.78, 5) is 11.9. The summed E-state index contributed by atoms with van der Waals surface area (Å²) in [6, 6.07) is 11.6. The van der Waals surface area contributed by atoms with Crippen molar-refractivity contribution in [3.05, 3.63) is 59.9 Å². The molecule has 0 fully saturated rings. The molecule has 5 heteroatoms. The third kappa shape index (κ3) is 3.85. The Morgan fingerprint density at radius 1 is 1.09 bits per heavy atom. The Hall–Kier alpha value is -2.82. The summed E-state index contributed by atoms with van der Waals surface area (Å²) in [7, 11) is 2.93. The molecule has 0 aliphatic carbocycles. The number of methoxy groups -OCH3 is 2. The average molecular weight is 301 g/mol. The van der Waals surface area contributed by atoms with Crippen molar-refractivity contribution in [3.63, 3.8) is 0 Å². The molecule has 0 aliphatic heterocycles. The highest BCUT2D eigenvalue weighted by molar-refractivity contribution is 6.02. The Labute approximate surface area is 128 Å². The summed E-state index contributed by atoms with van der Waals surface area (Å²) in [6.07, 6.45) is 2.85. The Morgan fingerprint density at radius 3 is 2.50 bits per heavy atom. The van der Waals surface area contributed by atoms with E-state index in [1.54, 1.807) is 24.3 Å². The molecule has 0 unspecified atom stereocenters. The van der Waals surface area contributed by atoms with Gasteiger partial charge in [0.1, 0.15) is 5.75 Å². The molecule has 22 heavy (non-hydrogen) atoms. The van der Waals surface area contributed by atoms with E-state index in [9.17, 15) is 9.18 Å². The van der Waals surface area contributed by atoms with E-state index in [2.05, 4.69) is 5.32 Å². The predicted octanol–water partition coefficient (Wildman–Crippen LogP) is 3.49. The molecule has 0 radical (unpaired) electrons. The fraction of sp³-hybridized carbons (Fsp3) is 0.118. The highest BCUT2D eigenvalue weighted by Crippen LogP contribution is 2.23. The predicted molar refractivity (Wildman–Crippen MR) is 83.6 cm³/mol. The van der Waals surface area contributed by atoms with E-state index >= 15 is 0 Å². The summed E-state index contributed by atoms with van der Waals surface area (Å²) in [5, 5.41) is 2.70. The molecule has 2 aromatic rings. The number of hydrogen-bond donors (Lipinski definition) is 1. The van der Waals surface area contributed by atoms with Crippen LogP contribution in [0.15, 0.2) is 48.5 Å². The smallest absolute Gasteiger partial charge is 0.248 e. The monoisotopic (exact) mass is 301 g/mol. The van der Waals surface area contributed by atoms with Crippen LogP contribution in [0.1, 0.15) is 5.56 Å². The Bertz CT molecular complexity index is 698. The molecule has 0 heterocycles. The zero-order chi connectivity index (χ0) is 15.9. The largest absolute Gasteiger partial charge is 0.495 e. The van der Waals surface area contributed by atoms with Crippen LogP contribution in [0.3, 0.4) is 0 Å². The normalized spacial score (nSPS) is 10.5. The van der Waals surface area contributed by atoms with Crippen LogP contribution >= 0.6 is 0 Å². The van der Waals surface area contributed by atoms with E-state index in [4.69, 9.17) is 9.47 Å². The standard InChI is InChI=1S/C17H16FNO3/c1-21-15-9-7-12(11-13(15)18)8-10-17(20)19-14-5-3-4-6-16(14)22-2/h3-11H,1-2H3,(H,19,20)/b10-8+. The zero-order valence-electron chi connectivity index (χ0n) is 12.3. The van der Waals surface area contributed by atoms with E-state index in [0.29, 0.717) is 17.0 Å². The summed E-state index contributed by atoms with van der Waals surface area (Å²) >= 11 is 0. The molecule has 4 nitrogen and oxygen atoms in total. The fourth-order valence-corrected chi connectivity index (χ4v) is 1.88. The third-order valence-corrected chi connectivity index (χ3v) is 2.97. The van der Waals surface area contributed by atoms with Crippen LogP contribution in [-0.2, 0) is 4.79 Å². The highest BCUT2D eigenvalue weighted by Gasteiger charge is 2.05. The molecule has 2 rings (SSSR count). The van der Waals surface area contributed by atoms with Crippen LogP contribution in [0.25, 0.3) is 6.08 Å². The number of anilines is 1. The summed E-state index contributed by atoms with van der Waals surface area (Å²) < 4.78 is 23.5. The first-order chi connectivity index (χ1) is 10.6. The van der Waals surface area contributed by atoms with E-state index in [-0.39, 0.29) is 11.7 Å². The molecule has 1 amide bonds. The van der Waals surface area contributed by atoms with Gasteiger partial charge in [0, 0.05) is 6.08 Å². The minimum atomic E-state index is -0.477. The van der Waals surface area contributed by atoms with E-state index < -0.39 is 5.82 Å². The first-order valence-electron chi connectivity index (χ1n) is 6.59. The second-order valence-corrected chi connectivity index (χ2v) is 4.42. The van der Waals surface area contributed by atoms with E-state index in [1.165, 1.54) is 38.5 Å². The SMILES string of the molecule is COc1ccc(/C=C/C(=O)Nc2ccccc2OC)cc1F. The van der Waals surface area contributed by atoms with Crippen LogP contribution < -0.4 is 14.8 Å². The van der Waals surface area contributed by atoms with Crippen LogP contribution in [0.4, 0.5) is 10.1 Å². The molecule has 0 aromatic heterocycles. The second-order valence-electron chi connectivity index (χ2n) is 4.42. The van der Waals surface area contributed by atoms with Gasteiger partial charge in [-0.2, -0.15) is 0 Å². The van der Waals surface area contributed by atoms with Crippen molar-refractivity contribution >= 4 is 17.7 Å². The molecular weight excluding hydrogens is 285 g/mol. The van der Waals surface area contributed by atoms with Gasteiger partial charge in [-0.15, -0.1) is 0 Å². The van der Waals surface area contributed by atoms with Crippen molar-refractivity contribution in [1.29, 1.82) is 0 Å². The van der Waals surface area contributed by atoms with E-state index in [1.807, 2.05) is 6.07 Å². The van der Waals surface area contributed by atoms with Gasteiger partial charge in [0.25, 0.3) is 0 Å². The van der Waals surface area contributed by atoms with Crippen molar-refractivity contribution in [2.24, 2.45) is 0 Å². The van der Waals surface area contributed by atoms with Crippen LogP contribution in [0.2, 0.25) is 0 Å². The van der Waals surface area contributed by atoms with Gasteiger partial charge in [-0.1, -0.05) is 18.2 Å². The topological polar surface area (TPSA) is 47.6 Å². The van der Waals surface area contributed by atoms with Crippen molar-refractivity contribution < 1.29 is 18.7 Å². The van der Waals surface area contributed by atoms with Gasteiger partial charge in [-0.05, 0) is 35.9 Å². The molecule has 0 spiro atoms. The molecular formula is C17H16FNO3. The lowest BCUT2D eigenvalue weighted by Crippen LogP contribution is -2.08. The molecule has 0 saturated carbocycles. The number of nitrogens with one attached hydrogen (secondary N) is 1. The van der Waals surface area contributed by atoms with Gasteiger partial charge in [0.05, 0.1) is 19.9 Å². The summed E-state index contributed by atoms with van der Waals surface area (Å²) in [5.41, 5.74) is 1.13. The van der Waals surface area contributed by atoms with Crippen LogP contribution in [-0.4, -0.2) is 20.1 Å². The quantitative estimate of drug-likeness (QED) is 0.860. The number of hydrogen-bond acceptors (Lipinski definition) is 3. The van der Waals surface area contributed by atoms with Crippen molar-refractivity contribution in [2.45, 2.75) is 0 Å². The minimum Gasteiger partial charge on any atom is -0.495 e. The molecule has 0 atom stereocenters. The number of amides is 1. The molecule has 0 saturated heterocycles. The lowest BCUT2D eigenvalue weighted by molar-refractivity contribution is -0.111. The maximum absolute atomic E-state index is 13.5. The summed E-state index contributed by atoms with van der Waals surface area (Å²) in [5.74, 6) is -0.0779. The van der Waals surface area contributed by atoms with Crippen molar-refractivity contribution in [2.75, 3.05) is 19.5 Å². The highest BCUT2D eigenvalue weighted by atomic mass is 19.1. The number of carbonyl (C=O) groups excluding carboxylic acids is 1. The molecule has 0 aliphatic rings. The summed E-state index contributed by atoms with van der Waals surface area (Å²) in [6.45, 7) is 0. The van der Waals surface area contributed by atoms with Gasteiger partial charge in [-0.3, -0.25) is 4.79 Å². The fourth-order valence-electron chi connectivity index (χ4n) is 1.88. The Balaban J connectivity index is 2.07. The van der Waals surface area contributed by atoms with Gasteiger partial charge in [0.2, 0.25) is 5.91 Å². The zero-order valence-corrected chi connectivity index (χ0v) is 12.3. The van der Waals surface area contributed by atoms with Crippen LogP contribution in [0.5, 0.6) is 11.5 Å². The molecule has 114 valence electrons. The molecule has 0 bridgehead atoms. The molecule has 1 N–H and O–H groups in total. The number of halogens is 1. The third-order valence-electron chi connectivity index (χ3n) is 2.97. The molecule has 2 aromatic carbocycles.